The van der Waals surface area contributed by atoms with Crippen molar-refractivity contribution in [3.63, 3.8) is 0 Å². The van der Waals surface area contributed by atoms with Crippen LogP contribution in [0.5, 0.6) is 0 Å². The Morgan fingerprint density at radius 3 is 2.57 bits per heavy atom. The predicted octanol–water partition coefficient (Wildman–Crippen LogP) is 0.747. The molecule has 0 atom stereocenters. The van der Waals surface area contributed by atoms with E-state index in [9.17, 15) is 4.79 Å². The van der Waals surface area contributed by atoms with Crippen molar-refractivity contribution in [2.24, 2.45) is 0 Å². The zero-order valence-electron chi connectivity index (χ0n) is 9.21. The molecule has 0 aliphatic carbocycles. The summed E-state index contributed by atoms with van der Waals surface area (Å²) in [6.07, 6.45) is 1.02. The largest absolute Gasteiger partial charge is 0.359 e. The highest BCUT2D eigenvalue weighted by atomic mass is 16.1. The number of nitrogens with one attached hydrogen (secondary N) is 1. The number of hydrogen-bond donors (Lipinski definition) is 1. The first kappa shape index (κ1) is 12.9. The zero-order chi connectivity index (χ0) is 11.0. The van der Waals surface area contributed by atoms with Crippen molar-refractivity contribution < 1.29 is 4.79 Å². The van der Waals surface area contributed by atoms with Gasteiger partial charge in [0.25, 0.3) is 0 Å². The first-order valence-corrected chi connectivity index (χ1v) is 4.93. The van der Waals surface area contributed by atoms with Crippen molar-refractivity contribution in [2.75, 3.05) is 20.1 Å². The standard InChI is InChI=1S/C10H19N3O/c1-9(2)13(7-4-6-11)8-5-10(14)12-3/h9H,4-5,7-8H2,1-3H3,(H,12,14). The first-order valence-electron chi connectivity index (χ1n) is 4.93. The van der Waals surface area contributed by atoms with Gasteiger partial charge in [0, 0.05) is 39.0 Å². The average Bonchev–Trinajstić information content (AvgIpc) is 2.16. The maximum Gasteiger partial charge on any atom is 0.221 e. The minimum atomic E-state index is 0.0487. The molecule has 0 rings (SSSR count). The third-order valence-corrected chi connectivity index (χ3v) is 2.15. The number of carbonyl (C=O) groups excluding carboxylic acids is 1. The normalized spacial score (nSPS) is 10.3. The molecule has 0 radical (unpaired) electrons. The lowest BCUT2D eigenvalue weighted by molar-refractivity contribution is -0.121. The van der Waals surface area contributed by atoms with E-state index in [0.29, 0.717) is 18.9 Å². The van der Waals surface area contributed by atoms with Gasteiger partial charge >= 0.3 is 0 Å². The number of amides is 1. The van der Waals surface area contributed by atoms with Crippen LogP contribution in [0.15, 0.2) is 0 Å². The molecule has 14 heavy (non-hydrogen) atoms. The van der Waals surface area contributed by atoms with E-state index >= 15 is 0 Å². The van der Waals surface area contributed by atoms with Gasteiger partial charge in [0.2, 0.25) is 5.91 Å². The molecular weight excluding hydrogens is 178 g/mol. The van der Waals surface area contributed by atoms with Crippen molar-refractivity contribution >= 4 is 5.91 Å². The summed E-state index contributed by atoms with van der Waals surface area (Å²) in [5.74, 6) is 0.0487. The van der Waals surface area contributed by atoms with Gasteiger partial charge in [-0.05, 0) is 13.8 Å². The van der Waals surface area contributed by atoms with Crippen LogP contribution in [0.2, 0.25) is 0 Å². The maximum absolute atomic E-state index is 11.0. The Balaban J connectivity index is 3.86. The summed E-state index contributed by atoms with van der Waals surface area (Å²) < 4.78 is 0. The average molecular weight is 197 g/mol. The van der Waals surface area contributed by atoms with Crippen molar-refractivity contribution in [1.29, 1.82) is 5.26 Å². The lowest BCUT2D eigenvalue weighted by Crippen LogP contribution is -2.35. The molecule has 0 fully saturated rings. The van der Waals surface area contributed by atoms with E-state index in [-0.39, 0.29) is 5.91 Å². The van der Waals surface area contributed by atoms with Crippen molar-refractivity contribution in [2.45, 2.75) is 32.7 Å². The third kappa shape index (κ3) is 5.55. The highest BCUT2D eigenvalue weighted by Crippen LogP contribution is 2.00. The van der Waals surface area contributed by atoms with Gasteiger partial charge in [0.15, 0.2) is 0 Å². The Kier molecular flexibility index (Phi) is 6.77. The van der Waals surface area contributed by atoms with Crippen LogP contribution in [-0.4, -0.2) is 37.0 Å². The van der Waals surface area contributed by atoms with E-state index in [0.717, 1.165) is 13.1 Å². The summed E-state index contributed by atoms with van der Waals surface area (Å²) in [6, 6.07) is 2.49. The van der Waals surface area contributed by atoms with Gasteiger partial charge in [-0.15, -0.1) is 0 Å². The topological polar surface area (TPSA) is 56.1 Å². The third-order valence-electron chi connectivity index (χ3n) is 2.15. The summed E-state index contributed by atoms with van der Waals surface area (Å²) >= 11 is 0. The molecule has 4 nitrogen and oxygen atoms in total. The van der Waals surface area contributed by atoms with E-state index in [4.69, 9.17) is 5.26 Å². The Bertz CT molecular complexity index is 208. The van der Waals surface area contributed by atoms with E-state index < -0.39 is 0 Å². The van der Waals surface area contributed by atoms with Crippen molar-refractivity contribution in [3.05, 3.63) is 0 Å². The van der Waals surface area contributed by atoms with Gasteiger partial charge in [0.1, 0.15) is 0 Å². The first-order chi connectivity index (χ1) is 6.61. The number of carbonyl (C=O) groups is 1. The summed E-state index contributed by atoms with van der Waals surface area (Å²) in [5, 5.41) is 11.0. The summed E-state index contributed by atoms with van der Waals surface area (Å²) in [4.78, 5) is 13.1. The van der Waals surface area contributed by atoms with Crippen molar-refractivity contribution in [3.8, 4) is 6.07 Å². The second kappa shape index (κ2) is 7.34. The molecular formula is C10H19N3O. The molecule has 0 aromatic carbocycles. The van der Waals surface area contributed by atoms with Gasteiger partial charge in [0.05, 0.1) is 6.07 Å². The van der Waals surface area contributed by atoms with Crippen LogP contribution in [0.4, 0.5) is 0 Å². The highest BCUT2D eigenvalue weighted by molar-refractivity contribution is 5.75. The fraction of sp³-hybridized carbons (Fsp3) is 0.800. The van der Waals surface area contributed by atoms with Crippen LogP contribution < -0.4 is 5.32 Å². The minimum Gasteiger partial charge on any atom is -0.359 e. The van der Waals surface area contributed by atoms with Crippen molar-refractivity contribution in [1.82, 2.24) is 10.2 Å². The number of hydrogen-bond acceptors (Lipinski definition) is 3. The molecule has 0 aromatic heterocycles. The molecule has 1 N–H and O–H groups in total. The van der Waals surface area contributed by atoms with Gasteiger partial charge in [-0.1, -0.05) is 0 Å². The number of rotatable bonds is 6. The van der Waals surface area contributed by atoms with Crippen LogP contribution in [-0.2, 0) is 4.79 Å². The molecule has 0 heterocycles. The van der Waals surface area contributed by atoms with Gasteiger partial charge in [-0.3, -0.25) is 9.69 Å². The molecule has 0 aliphatic rings. The van der Waals surface area contributed by atoms with Gasteiger partial charge in [-0.25, -0.2) is 0 Å². The summed E-state index contributed by atoms with van der Waals surface area (Å²) in [5.41, 5.74) is 0. The molecule has 0 aromatic rings. The van der Waals surface area contributed by atoms with E-state index in [1.807, 2.05) is 0 Å². The van der Waals surface area contributed by atoms with Gasteiger partial charge < -0.3 is 5.32 Å². The Morgan fingerprint density at radius 2 is 2.14 bits per heavy atom. The Labute approximate surface area is 85.9 Å². The summed E-state index contributed by atoms with van der Waals surface area (Å²) in [6.45, 7) is 5.60. The van der Waals surface area contributed by atoms with Crippen LogP contribution in [0.25, 0.3) is 0 Å². The SMILES string of the molecule is CNC(=O)CCN(CCC#N)C(C)C. The molecule has 4 heteroatoms. The molecule has 0 unspecified atom stereocenters. The lowest BCUT2D eigenvalue weighted by Gasteiger charge is -2.24. The highest BCUT2D eigenvalue weighted by Gasteiger charge is 2.10. The smallest absolute Gasteiger partial charge is 0.221 e. The monoisotopic (exact) mass is 197 g/mol. The Hall–Kier alpha value is -1.08. The summed E-state index contributed by atoms with van der Waals surface area (Å²) in [7, 11) is 1.64. The Morgan fingerprint density at radius 1 is 1.50 bits per heavy atom. The van der Waals surface area contributed by atoms with E-state index in [1.165, 1.54) is 0 Å². The second-order valence-corrected chi connectivity index (χ2v) is 3.46. The quantitative estimate of drug-likeness (QED) is 0.683. The molecule has 1 amide bonds. The van der Waals surface area contributed by atoms with Crippen LogP contribution >= 0.6 is 0 Å². The van der Waals surface area contributed by atoms with Crippen LogP contribution in [0.1, 0.15) is 26.7 Å². The van der Waals surface area contributed by atoms with Gasteiger partial charge in [-0.2, -0.15) is 5.26 Å². The fourth-order valence-electron chi connectivity index (χ4n) is 1.19. The number of nitrogens with zero attached hydrogens (tertiary/aromatic N) is 2. The molecule has 0 bridgehead atoms. The van der Waals surface area contributed by atoms with Crippen LogP contribution in [0, 0.1) is 11.3 Å². The molecule has 0 saturated carbocycles. The maximum atomic E-state index is 11.0. The van der Waals surface area contributed by atoms with E-state index in [2.05, 4.69) is 30.1 Å². The molecule has 0 aliphatic heterocycles. The number of nitriles is 1. The van der Waals surface area contributed by atoms with E-state index in [1.54, 1.807) is 7.05 Å². The zero-order valence-corrected chi connectivity index (χ0v) is 9.21. The molecule has 0 saturated heterocycles. The second-order valence-electron chi connectivity index (χ2n) is 3.46. The van der Waals surface area contributed by atoms with Crippen LogP contribution in [0.3, 0.4) is 0 Å². The predicted molar refractivity (Wildman–Crippen MR) is 55.6 cm³/mol. The fourth-order valence-corrected chi connectivity index (χ4v) is 1.19. The molecule has 0 spiro atoms. The molecule has 80 valence electrons. The minimum absolute atomic E-state index is 0.0487. The lowest BCUT2D eigenvalue weighted by atomic mass is 10.2.